The van der Waals surface area contributed by atoms with Gasteiger partial charge in [0.05, 0.1) is 11.3 Å². The number of ether oxygens (including phenoxy) is 1. The number of rotatable bonds is 1. The lowest BCUT2D eigenvalue weighted by molar-refractivity contribution is -0.123. The molecular weight excluding hydrogens is 352 g/mol. The maximum Gasteiger partial charge on any atom is 0.255 e. The Hall–Kier alpha value is -3.29. The lowest BCUT2D eigenvalue weighted by Crippen LogP contribution is -2.43. The Kier molecular flexibility index (Phi) is 2.77. The summed E-state index contributed by atoms with van der Waals surface area (Å²) in [7, 11) is 0. The molecule has 3 aliphatic carbocycles. The van der Waals surface area contributed by atoms with Crippen LogP contribution in [0.5, 0.6) is 5.75 Å². The highest BCUT2D eigenvalue weighted by Gasteiger charge is 2.71. The first-order valence-electron chi connectivity index (χ1n) is 8.62. The number of allylic oxidation sites excluding steroid dienone is 1. The number of Topliss-reactive ketones (excluding diaryl/α,β-unsaturated/α-hetero) is 2. The Bertz CT molecular complexity index is 1050. The number of hydrogen-bond acceptors (Lipinski definition) is 7. The second kappa shape index (κ2) is 4.70. The summed E-state index contributed by atoms with van der Waals surface area (Å²) in [5.74, 6) is -3.00. The molecule has 8 nitrogen and oxygen atoms in total. The SMILES string of the molecule is NC(=O)C1=C(O)[C@@]23OC2=C2C(=O)c4c(ccc(N)c4O)CC2C[C@H]3CC1=O. The molecule has 27 heavy (non-hydrogen) atoms. The topological polar surface area (TPSA) is 156 Å². The van der Waals surface area contributed by atoms with E-state index in [1.807, 2.05) is 0 Å². The van der Waals surface area contributed by atoms with Gasteiger partial charge in [-0.05, 0) is 30.4 Å². The van der Waals surface area contributed by atoms with Crippen LogP contribution in [-0.2, 0) is 20.7 Å². The van der Waals surface area contributed by atoms with Crippen molar-refractivity contribution in [1.82, 2.24) is 0 Å². The summed E-state index contributed by atoms with van der Waals surface area (Å²) in [4.78, 5) is 37.0. The average molecular weight is 368 g/mol. The van der Waals surface area contributed by atoms with Crippen LogP contribution >= 0.6 is 0 Å². The smallest absolute Gasteiger partial charge is 0.255 e. The molecule has 5 rings (SSSR count). The van der Waals surface area contributed by atoms with Crippen LogP contribution in [-0.4, -0.2) is 33.3 Å². The van der Waals surface area contributed by atoms with Gasteiger partial charge >= 0.3 is 0 Å². The third-order valence-corrected chi connectivity index (χ3v) is 6.13. The molecule has 1 saturated heterocycles. The Labute approximate surface area is 153 Å². The van der Waals surface area contributed by atoms with Gasteiger partial charge in [-0.25, -0.2) is 0 Å². The highest BCUT2D eigenvalue weighted by molar-refractivity contribution is 6.21. The molecule has 138 valence electrons. The van der Waals surface area contributed by atoms with E-state index in [1.54, 1.807) is 12.1 Å². The molecule has 6 N–H and O–H groups in total. The predicted octanol–water partition coefficient (Wildman–Crippen LogP) is 0.643. The lowest BCUT2D eigenvalue weighted by Gasteiger charge is -2.36. The monoisotopic (exact) mass is 368 g/mol. The van der Waals surface area contributed by atoms with E-state index in [-0.39, 0.29) is 41.0 Å². The van der Waals surface area contributed by atoms with Crippen molar-refractivity contribution >= 4 is 23.2 Å². The molecule has 8 heteroatoms. The number of aliphatic hydroxyl groups excluding tert-OH is 1. The lowest BCUT2D eigenvalue weighted by atomic mass is 9.64. The van der Waals surface area contributed by atoms with Crippen LogP contribution in [0, 0.1) is 11.8 Å². The summed E-state index contributed by atoms with van der Waals surface area (Å²) in [5.41, 5.74) is 10.5. The highest BCUT2D eigenvalue weighted by Crippen LogP contribution is 2.64. The Morgan fingerprint density at radius 1 is 1.22 bits per heavy atom. The van der Waals surface area contributed by atoms with Crippen LogP contribution in [0.2, 0.25) is 0 Å². The van der Waals surface area contributed by atoms with Gasteiger partial charge in [-0.1, -0.05) is 6.07 Å². The number of nitrogens with two attached hydrogens (primary N) is 2. The summed E-state index contributed by atoms with van der Waals surface area (Å²) in [6.45, 7) is 0. The fourth-order valence-corrected chi connectivity index (χ4v) is 4.89. The van der Waals surface area contributed by atoms with Gasteiger partial charge in [-0.3, -0.25) is 14.4 Å². The normalized spacial score (nSPS) is 30.8. The van der Waals surface area contributed by atoms with E-state index < -0.39 is 34.4 Å². The number of aromatic hydroxyl groups is 1. The zero-order valence-corrected chi connectivity index (χ0v) is 14.1. The van der Waals surface area contributed by atoms with Crippen LogP contribution in [0.15, 0.2) is 34.8 Å². The molecule has 0 bridgehead atoms. The Balaban J connectivity index is 1.71. The van der Waals surface area contributed by atoms with E-state index in [4.69, 9.17) is 16.2 Å². The van der Waals surface area contributed by atoms with Gasteiger partial charge in [0, 0.05) is 17.9 Å². The number of ketones is 2. The first-order chi connectivity index (χ1) is 12.8. The first-order valence-corrected chi connectivity index (χ1v) is 8.62. The average Bonchev–Trinajstić information content (AvgIpc) is 3.33. The molecule has 1 aliphatic heterocycles. The van der Waals surface area contributed by atoms with E-state index in [0.29, 0.717) is 24.0 Å². The summed E-state index contributed by atoms with van der Waals surface area (Å²) in [6.07, 6.45) is 0.950. The molecule has 1 heterocycles. The van der Waals surface area contributed by atoms with Gasteiger partial charge in [0.1, 0.15) is 11.3 Å². The largest absolute Gasteiger partial charge is 0.507 e. The molecule has 1 aromatic carbocycles. The molecule has 1 spiro atoms. The molecule has 0 saturated carbocycles. The number of fused-ring (bicyclic) bond motifs is 2. The van der Waals surface area contributed by atoms with Crippen molar-refractivity contribution in [2.45, 2.75) is 24.9 Å². The van der Waals surface area contributed by atoms with Crippen molar-refractivity contribution in [3.63, 3.8) is 0 Å². The first kappa shape index (κ1) is 15.9. The highest BCUT2D eigenvalue weighted by atomic mass is 16.6. The fraction of sp³-hybridized carbons (Fsp3) is 0.316. The molecular formula is C19H16N2O6. The number of anilines is 1. The quantitative estimate of drug-likeness (QED) is 0.245. The van der Waals surface area contributed by atoms with Gasteiger partial charge in [0.2, 0.25) is 5.60 Å². The Morgan fingerprint density at radius 3 is 2.67 bits per heavy atom. The number of aliphatic hydroxyl groups is 1. The number of epoxide rings is 1. The van der Waals surface area contributed by atoms with Crippen LogP contribution in [0.4, 0.5) is 5.69 Å². The number of hydrogen-bond donors (Lipinski definition) is 4. The minimum atomic E-state index is -1.33. The Morgan fingerprint density at radius 2 is 1.96 bits per heavy atom. The molecule has 0 radical (unpaired) electrons. The molecule has 1 unspecified atom stereocenters. The fourth-order valence-electron chi connectivity index (χ4n) is 4.89. The van der Waals surface area contributed by atoms with E-state index in [0.717, 1.165) is 0 Å². The number of nitrogen functional groups attached to an aromatic ring is 1. The van der Waals surface area contributed by atoms with Crippen molar-refractivity contribution in [2.75, 3.05) is 5.73 Å². The maximum atomic E-state index is 13.1. The third kappa shape index (κ3) is 1.75. The van der Waals surface area contributed by atoms with Crippen molar-refractivity contribution in [2.24, 2.45) is 17.6 Å². The number of phenolic OH excluding ortho intramolecular Hbond substituents is 1. The van der Waals surface area contributed by atoms with Gasteiger partial charge in [-0.15, -0.1) is 0 Å². The molecule has 1 aromatic rings. The van der Waals surface area contributed by atoms with Crippen molar-refractivity contribution < 1.29 is 29.3 Å². The number of primary amides is 1. The van der Waals surface area contributed by atoms with E-state index in [2.05, 4.69) is 0 Å². The van der Waals surface area contributed by atoms with E-state index in [1.165, 1.54) is 0 Å². The number of phenols is 1. The minimum absolute atomic E-state index is 0.0175. The summed E-state index contributed by atoms with van der Waals surface area (Å²) < 4.78 is 5.71. The van der Waals surface area contributed by atoms with Gasteiger partial charge in [-0.2, -0.15) is 0 Å². The van der Waals surface area contributed by atoms with E-state index >= 15 is 0 Å². The van der Waals surface area contributed by atoms with Crippen molar-refractivity contribution in [3.8, 4) is 5.75 Å². The third-order valence-electron chi connectivity index (χ3n) is 6.13. The number of carbonyl (C=O) groups excluding carboxylic acids is 3. The standard InChI is InChI=1S/C19H16N2O6/c20-9-2-1-6-3-7-4-8-5-10(22)13(18(21)26)16(25)19(8)17(27-19)12(7)15(24)11(6)14(9)23/h1-2,7-8,23,25H,3-5,20H2,(H2,21,26)/t7?,8-,19+/m0/s1. The summed E-state index contributed by atoms with van der Waals surface area (Å²) >= 11 is 0. The maximum absolute atomic E-state index is 13.1. The van der Waals surface area contributed by atoms with Crippen LogP contribution in [0.3, 0.4) is 0 Å². The number of amides is 1. The van der Waals surface area contributed by atoms with Crippen LogP contribution in [0.25, 0.3) is 0 Å². The molecule has 3 atom stereocenters. The second-order valence-corrected chi connectivity index (χ2v) is 7.50. The van der Waals surface area contributed by atoms with Crippen molar-refractivity contribution in [1.29, 1.82) is 0 Å². The van der Waals surface area contributed by atoms with E-state index in [9.17, 15) is 24.6 Å². The van der Waals surface area contributed by atoms with Gasteiger partial charge < -0.3 is 26.4 Å². The molecule has 1 amide bonds. The van der Waals surface area contributed by atoms with Gasteiger partial charge in [0.25, 0.3) is 5.91 Å². The number of carbonyl (C=O) groups is 3. The molecule has 0 aromatic heterocycles. The minimum Gasteiger partial charge on any atom is -0.507 e. The molecule has 1 fully saturated rings. The predicted molar refractivity (Wildman–Crippen MR) is 91.5 cm³/mol. The number of benzene rings is 1. The van der Waals surface area contributed by atoms with Gasteiger partial charge in [0.15, 0.2) is 23.1 Å². The zero-order chi connectivity index (χ0) is 19.2. The summed E-state index contributed by atoms with van der Waals surface area (Å²) in [6, 6.07) is 3.27. The zero-order valence-electron chi connectivity index (χ0n) is 14.1. The van der Waals surface area contributed by atoms with Crippen LogP contribution < -0.4 is 11.5 Å². The van der Waals surface area contributed by atoms with Crippen LogP contribution in [0.1, 0.15) is 28.8 Å². The summed E-state index contributed by atoms with van der Waals surface area (Å²) in [5, 5.41) is 20.9. The second-order valence-electron chi connectivity index (χ2n) is 7.50. The van der Waals surface area contributed by atoms with Crippen molar-refractivity contribution in [3.05, 3.63) is 45.9 Å². The molecule has 4 aliphatic rings.